The molecule has 2 fully saturated rings. The number of piperazine rings is 1. The molecule has 0 spiro atoms. The van der Waals surface area contributed by atoms with E-state index in [0.717, 1.165) is 60.1 Å². The van der Waals surface area contributed by atoms with Crippen LogP contribution in [0.15, 0.2) is 61.1 Å². The summed E-state index contributed by atoms with van der Waals surface area (Å²) in [5.41, 5.74) is 3.96. The molecule has 2 aromatic carbocycles. The minimum atomic E-state index is -4.76. The highest BCUT2D eigenvalue weighted by Gasteiger charge is 2.39. The Balaban J connectivity index is 0.947. The Morgan fingerprint density at radius 3 is 2.45 bits per heavy atom. The van der Waals surface area contributed by atoms with Gasteiger partial charge in [0.1, 0.15) is 17.1 Å². The number of benzene rings is 2. The van der Waals surface area contributed by atoms with E-state index < -0.39 is 27.6 Å². The molecule has 0 saturated carbocycles. The number of thiol groups is 1. The van der Waals surface area contributed by atoms with Gasteiger partial charge in [0.05, 0.1) is 24.2 Å². The van der Waals surface area contributed by atoms with Crippen molar-refractivity contribution in [2.75, 3.05) is 59.3 Å². The zero-order chi connectivity index (χ0) is 39.8. The van der Waals surface area contributed by atoms with Gasteiger partial charge in [-0.15, -0.1) is 0 Å². The summed E-state index contributed by atoms with van der Waals surface area (Å²) in [6.45, 7) is 4.34. The number of aromatic nitrogens is 4. The van der Waals surface area contributed by atoms with Gasteiger partial charge >= 0.3 is 6.18 Å². The predicted octanol–water partition coefficient (Wildman–Crippen LogP) is 3.91. The van der Waals surface area contributed by atoms with Crippen LogP contribution in [0.1, 0.15) is 46.2 Å². The summed E-state index contributed by atoms with van der Waals surface area (Å²) in [5.74, 6) is -1.11. The van der Waals surface area contributed by atoms with E-state index in [1.54, 1.807) is 12.1 Å². The number of halogens is 3. The lowest BCUT2D eigenvalue weighted by Gasteiger charge is -2.36. The second kappa shape index (κ2) is 15.8. The molecule has 296 valence electrons. The number of rotatable bonds is 11. The Hall–Kier alpha value is -5.05. The maximum Gasteiger partial charge on any atom is 0.421 e. The van der Waals surface area contributed by atoms with E-state index in [0.29, 0.717) is 31.3 Å². The molecule has 3 aliphatic rings. The number of carbonyl (C=O) groups excluding carboxylic acids is 2. The maximum absolute atomic E-state index is 13.9. The third kappa shape index (κ3) is 8.67. The number of amides is 2. The van der Waals surface area contributed by atoms with Crippen LogP contribution >= 0.6 is 12.6 Å². The van der Waals surface area contributed by atoms with Crippen molar-refractivity contribution in [1.29, 1.82) is 0 Å². The molecule has 20 heteroatoms. The molecule has 2 saturated heterocycles. The summed E-state index contributed by atoms with van der Waals surface area (Å²) in [6, 6.07) is 13.5. The average Bonchev–Trinajstić information content (AvgIpc) is 3.48. The first-order valence-electron chi connectivity index (χ1n) is 17.8. The number of carbonyl (C=O) groups is 2. The molecular formula is C36H40F3N11O4S2. The van der Waals surface area contributed by atoms with Crippen molar-refractivity contribution in [2.24, 2.45) is 0 Å². The molecule has 0 aliphatic carbocycles. The summed E-state index contributed by atoms with van der Waals surface area (Å²) < 4.78 is 66.8. The van der Waals surface area contributed by atoms with E-state index in [2.05, 4.69) is 63.9 Å². The third-order valence-electron chi connectivity index (χ3n) is 10.1. The van der Waals surface area contributed by atoms with Crippen LogP contribution in [0.5, 0.6) is 0 Å². The van der Waals surface area contributed by atoms with Gasteiger partial charge in [-0.1, -0.05) is 18.2 Å². The van der Waals surface area contributed by atoms with Crippen LogP contribution in [0.25, 0.3) is 0 Å². The van der Waals surface area contributed by atoms with Crippen molar-refractivity contribution in [2.45, 2.75) is 50.1 Å². The molecule has 2 unspecified atom stereocenters. The molecule has 2 amide bonds. The average molecular weight is 812 g/mol. The zero-order valence-corrected chi connectivity index (χ0v) is 32.2. The number of fused-ring (bicyclic) bond motifs is 1. The first kappa shape index (κ1) is 39.2. The highest BCUT2D eigenvalue weighted by Crippen LogP contribution is 2.40. The molecule has 5 heterocycles. The van der Waals surface area contributed by atoms with E-state index in [4.69, 9.17) is 12.6 Å². The van der Waals surface area contributed by atoms with Crippen LogP contribution < -0.4 is 25.2 Å². The Labute approximate surface area is 327 Å². The first-order valence-corrected chi connectivity index (χ1v) is 20.2. The smallest absolute Gasteiger partial charge is 0.369 e. The minimum Gasteiger partial charge on any atom is -0.369 e. The van der Waals surface area contributed by atoms with Crippen molar-refractivity contribution >= 4 is 63.4 Å². The van der Waals surface area contributed by atoms with Crippen LogP contribution in [0.2, 0.25) is 0 Å². The van der Waals surface area contributed by atoms with Gasteiger partial charge in [-0.05, 0) is 47.4 Å². The maximum atomic E-state index is 13.9. The fourth-order valence-corrected chi connectivity index (χ4v) is 7.98. The fourth-order valence-electron chi connectivity index (χ4n) is 7.03. The topological polar surface area (TPSA) is 169 Å². The molecule has 7 rings (SSSR count). The second-order valence-corrected chi connectivity index (χ2v) is 16.3. The minimum absolute atomic E-state index is 0.0300. The quantitative estimate of drug-likeness (QED) is 0.127. The van der Waals surface area contributed by atoms with Gasteiger partial charge in [0.15, 0.2) is 5.82 Å². The van der Waals surface area contributed by atoms with Crippen molar-refractivity contribution in [3.8, 4) is 0 Å². The van der Waals surface area contributed by atoms with Gasteiger partial charge in [0, 0.05) is 82.7 Å². The van der Waals surface area contributed by atoms with E-state index in [1.807, 2.05) is 17.0 Å². The Morgan fingerprint density at radius 2 is 1.75 bits per heavy atom. The lowest BCUT2D eigenvalue weighted by atomic mass is 10.0. The summed E-state index contributed by atoms with van der Waals surface area (Å²) >= 11 is 4.86. The van der Waals surface area contributed by atoms with E-state index in [1.165, 1.54) is 25.0 Å². The molecule has 56 heavy (non-hydrogen) atoms. The molecular weight excluding hydrogens is 772 g/mol. The molecule has 0 radical (unpaired) electrons. The van der Waals surface area contributed by atoms with E-state index in [-0.39, 0.29) is 47.2 Å². The van der Waals surface area contributed by atoms with Crippen LogP contribution in [-0.4, -0.2) is 95.5 Å². The number of hydrogen-bond acceptors (Lipinski definition) is 14. The highest BCUT2D eigenvalue weighted by molar-refractivity contribution is 7.92. The number of imide groups is 1. The molecule has 2 aromatic heterocycles. The SMILES string of the molecule is CN(c1nccnc1CNc1nc(Nc2ccc(N3CCN(Cc4ccc5c(c4)C(S)N(C4CCC(=O)NC4=O)C5)CC3)cc2)ncc1C(F)(F)F)S(C)(=O)=O. The first-order chi connectivity index (χ1) is 26.6. The van der Waals surface area contributed by atoms with Gasteiger partial charge in [-0.2, -0.15) is 30.8 Å². The summed E-state index contributed by atoms with van der Waals surface area (Å²) in [6.07, 6.45) is 0.311. The van der Waals surface area contributed by atoms with Crippen molar-refractivity contribution < 1.29 is 31.2 Å². The second-order valence-electron chi connectivity index (χ2n) is 13.8. The van der Waals surface area contributed by atoms with E-state index in [9.17, 15) is 31.2 Å². The van der Waals surface area contributed by atoms with Crippen LogP contribution in [-0.2, 0) is 45.4 Å². The molecule has 2 atom stereocenters. The van der Waals surface area contributed by atoms with Crippen LogP contribution in [0.4, 0.5) is 42.1 Å². The van der Waals surface area contributed by atoms with Crippen molar-refractivity contribution in [3.63, 3.8) is 0 Å². The molecule has 3 aliphatic heterocycles. The van der Waals surface area contributed by atoms with Crippen molar-refractivity contribution in [1.82, 2.24) is 35.1 Å². The Morgan fingerprint density at radius 1 is 1.02 bits per heavy atom. The number of nitrogens with one attached hydrogen (secondary N) is 3. The number of hydrogen-bond donors (Lipinski definition) is 4. The summed E-state index contributed by atoms with van der Waals surface area (Å²) in [5, 5.41) is 7.82. The Kier molecular flexibility index (Phi) is 11.1. The number of sulfonamides is 1. The normalized spacial score (nSPS) is 19.4. The highest BCUT2D eigenvalue weighted by atomic mass is 32.2. The lowest BCUT2D eigenvalue weighted by Crippen LogP contribution is -2.51. The van der Waals surface area contributed by atoms with Crippen molar-refractivity contribution in [3.05, 3.63) is 89.0 Å². The van der Waals surface area contributed by atoms with Gasteiger partial charge in [0.25, 0.3) is 0 Å². The monoisotopic (exact) mass is 811 g/mol. The van der Waals surface area contributed by atoms with Gasteiger partial charge in [-0.25, -0.2) is 18.4 Å². The van der Waals surface area contributed by atoms with E-state index >= 15 is 0 Å². The van der Waals surface area contributed by atoms with Crippen LogP contribution in [0.3, 0.4) is 0 Å². The third-order valence-corrected chi connectivity index (χ3v) is 11.8. The summed E-state index contributed by atoms with van der Waals surface area (Å²) in [4.78, 5) is 47.0. The number of anilines is 5. The Bertz CT molecular complexity index is 2220. The fraction of sp³-hybridized carbons (Fsp3) is 0.389. The molecule has 0 bridgehead atoms. The lowest BCUT2D eigenvalue weighted by molar-refractivity contribution is -0.138. The molecule has 4 aromatic rings. The summed E-state index contributed by atoms with van der Waals surface area (Å²) in [7, 11) is -2.43. The molecule has 15 nitrogen and oxygen atoms in total. The number of nitrogens with zero attached hydrogens (tertiary/aromatic N) is 8. The largest absolute Gasteiger partial charge is 0.421 e. The zero-order valence-electron chi connectivity index (χ0n) is 30.5. The van der Waals surface area contributed by atoms with Gasteiger partial charge < -0.3 is 15.5 Å². The van der Waals surface area contributed by atoms with Gasteiger partial charge in [-0.3, -0.25) is 34.0 Å². The van der Waals surface area contributed by atoms with Gasteiger partial charge in [0.2, 0.25) is 27.8 Å². The molecule has 3 N–H and O–H groups in total. The standard InChI is InChI=1S/C36H40F3N11O4S2/c1-47(56(2,53)54)32-28(40-11-12-41-32)19-42-31-27(36(37,38)39)18-43-35(46-31)44-24-5-7-25(8-6-24)49-15-13-48(14-16-49)20-22-3-4-23-21-50(34(55)26(23)17-22)29-9-10-30(51)45-33(29)52/h3-8,11-12,17-18,29,34,55H,9-10,13-16,19-21H2,1-2H3,(H,45,51,52)(H2,42,43,44,46). The van der Waals surface area contributed by atoms with Crippen LogP contribution in [0, 0.1) is 0 Å². The number of alkyl halides is 3. The number of piperidine rings is 1. The predicted molar refractivity (Wildman–Crippen MR) is 207 cm³/mol.